The zero-order valence-corrected chi connectivity index (χ0v) is 11.0. The van der Waals surface area contributed by atoms with Gasteiger partial charge in [0, 0.05) is 19.0 Å². The molecule has 0 heterocycles. The predicted octanol–water partition coefficient (Wildman–Crippen LogP) is 1.42. The zero-order valence-electron chi connectivity index (χ0n) is 11.0. The minimum Gasteiger partial charge on any atom is -0.481 e. The van der Waals surface area contributed by atoms with Crippen LogP contribution in [0.25, 0.3) is 0 Å². The summed E-state index contributed by atoms with van der Waals surface area (Å²) in [4.78, 5) is 12.5. The average molecular weight is 230 g/mol. The number of carboxylic acid groups (broad SMARTS) is 1. The Bertz CT molecular complexity index is 183. The number of hydrogen-bond donors (Lipinski definition) is 2. The van der Waals surface area contributed by atoms with Crippen molar-refractivity contribution in [3.05, 3.63) is 0 Å². The highest BCUT2D eigenvalue weighted by molar-refractivity contribution is 5.66. The maximum atomic E-state index is 10.4. The Hall–Kier alpha value is -0.610. The van der Waals surface area contributed by atoms with Crippen molar-refractivity contribution in [2.45, 2.75) is 39.2 Å². The molecule has 0 radical (unpaired) electrons. The number of carboxylic acids is 1. The fraction of sp³-hybridized carbons (Fsp3) is 0.917. The highest BCUT2D eigenvalue weighted by Crippen LogP contribution is 2.05. The second-order valence-corrected chi connectivity index (χ2v) is 5.04. The van der Waals surface area contributed by atoms with E-state index in [0.717, 1.165) is 19.5 Å². The summed E-state index contributed by atoms with van der Waals surface area (Å²) in [7, 11) is 4.12. The van der Waals surface area contributed by atoms with Gasteiger partial charge in [-0.05, 0) is 39.4 Å². The molecule has 0 saturated carbocycles. The molecule has 16 heavy (non-hydrogen) atoms. The second kappa shape index (κ2) is 8.53. The molecule has 0 aliphatic heterocycles. The number of rotatable bonds is 9. The smallest absolute Gasteiger partial charge is 0.303 e. The Kier molecular flexibility index (Phi) is 8.21. The van der Waals surface area contributed by atoms with Crippen LogP contribution in [0, 0.1) is 5.92 Å². The van der Waals surface area contributed by atoms with Gasteiger partial charge in [-0.15, -0.1) is 0 Å². The molecule has 0 aromatic rings. The second-order valence-electron chi connectivity index (χ2n) is 5.04. The van der Waals surface area contributed by atoms with Crippen LogP contribution < -0.4 is 5.32 Å². The van der Waals surface area contributed by atoms with Crippen LogP contribution in [0.1, 0.15) is 33.1 Å². The molecule has 0 spiro atoms. The van der Waals surface area contributed by atoms with E-state index in [9.17, 15) is 4.79 Å². The molecule has 2 N–H and O–H groups in total. The Morgan fingerprint density at radius 3 is 2.44 bits per heavy atom. The van der Waals surface area contributed by atoms with Gasteiger partial charge in [0.05, 0.1) is 0 Å². The third-order valence-electron chi connectivity index (χ3n) is 2.34. The maximum absolute atomic E-state index is 10.4. The Balaban J connectivity index is 3.77. The number of hydrogen-bond acceptors (Lipinski definition) is 3. The van der Waals surface area contributed by atoms with Crippen LogP contribution in [0.2, 0.25) is 0 Å². The van der Waals surface area contributed by atoms with Crippen LogP contribution in [0.4, 0.5) is 0 Å². The van der Waals surface area contributed by atoms with Gasteiger partial charge in [0.25, 0.3) is 0 Å². The van der Waals surface area contributed by atoms with Crippen molar-refractivity contribution in [2.75, 3.05) is 27.2 Å². The molecule has 1 atom stereocenters. The van der Waals surface area contributed by atoms with E-state index in [-0.39, 0.29) is 6.42 Å². The first kappa shape index (κ1) is 15.4. The van der Waals surface area contributed by atoms with E-state index >= 15 is 0 Å². The van der Waals surface area contributed by atoms with Gasteiger partial charge in [0.15, 0.2) is 0 Å². The van der Waals surface area contributed by atoms with Crippen LogP contribution >= 0.6 is 0 Å². The molecule has 0 bridgehead atoms. The molecule has 0 rings (SSSR count). The van der Waals surface area contributed by atoms with Crippen LogP contribution in [-0.2, 0) is 4.79 Å². The molecule has 1 unspecified atom stereocenters. The first-order chi connectivity index (χ1) is 7.41. The zero-order chi connectivity index (χ0) is 12.6. The lowest BCUT2D eigenvalue weighted by molar-refractivity contribution is -0.137. The molecule has 0 fully saturated rings. The monoisotopic (exact) mass is 230 g/mol. The van der Waals surface area contributed by atoms with E-state index in [2.05, 4.69) is 38.2 Å². The summed E-state index contributed by atoms with van der Waals surface area (Å²) in [5, 5.41) is 12.0. The minimum absolute atomic E-state index is 0.253. The van der Waals surface area contributed by atoms with E-state index in [1.807, 2.05) is 0 Å². The number of likely N-dealkylation sites (N-methyl/N-ethyl adjacent to an activating group) is 1. The summed E-state index contributed by atoms with van der Waals surface area (Å²) in [5.41, 5.74) is 0. The molecule has 4 nitrogen and oxygen atoms in total. The lowest BCUT2D eigenvalue weighted by atomic mass is 10.0. The van der Waals surface area contributed by atoms with Gasteiger partial charge in [0.2, 0.25) is 0 Å². The molecule has 96 valence electrons. The fourth-order valence-electron chi connectivity index (χ4n) is 1.78. The van der Waals surface area contributed by atoms with Crippen molar-refractivity contribution >= 4 is 5.97 Å². The van der Waals surface area contributed by atoms with E-state index in [1.165, 1.54) is 0 Å². The van der Waals surface area contributed by atoms with Gasteiger partial charge in [-0.2, -0.15) is 0 Å². The number of nitrogens with zero attached hydrogens (tertiary/aromatic N) is 1. The maximum Gasteiger partial charge on any atom is 0.303 e. The van der Waals surface area contributed by atoms with Gasteiger partial charge in [-0.1, -0.05) is 13.8 Å². The largest absolute Gasteiger partial charge is 0.481 e. The topological polar surface area (TPSA) is 52.6 Å². The standard InChI is InChI=1S/C12H26N2O2/c1-10(2)8-11(9-14(3)4)13-7-5-6-12(15)16/h10-11,13H,5-9H2,1-4H3,(H,15,16). The van der Waals surface area contributed by atoms with E-state index in [1.54, 1.807) is 0 Å². The Morgan fingerprint density at radius 1 is 1.38 bits per heavy atom. The highest BCUT2D eigenvalue weighted by atomic mass is 16.4. The normalized spacial score (nSPS) is 13.4. The third kappa shape index (κ3) is 9.93. The van der Waals surface area contributed by atoms with Crippen molar-refractivity contribution in [3.8, 4) is 0 Å². The van der Waals surface area contributed by atoms with Gasteiger partial charge in [-0.3, -0.25) is 4.79 Å². The molecule has 0 aliphatic rings. The molecule has 0 aliphatic carbocycles. The minimum atomic E-state index is -0.713. The Labute approximate surface area is 99.0 Å². The quantitative estimate of drug-likeness (QED) is 0.588. The van der Waals surface area contributed by atoms with Crippen LogP contribution in [0.3, 0.4) is 0 Å². The first-order valence-electron chi connectivity index (χ1n) is 6.01. The summed E-state index contributed by atoms with van der Waals surface area (Å²) < 4.78 is 0. The predicted molar refractivity (Wildman–Crippen MR) is 66.7 cm³/mol. The van der Waals surface area contributed by atoms with Gasteiger partial charge in [-0.25, -0.2) is 0 Å². The summed E-state index contributed by atoms with van der Waals surface area (Å²) >= 11 is 0. The summed E-state index contributed by atoms with van der Waals surface area (Å²) in [5.74, 6) is -0.0493. The molecule has 0 amide bonds. The Morgan fingerprint density at radius 2 is 2.00 bits per heavy atom. The van der Waals surface area contributed by atoms with E-state index in [0.29, 0.717) is 18.4 Å². The lowest BCUT2D eigenvalue weighted by Crippen LogP contribution is -2.39. The van der Waals surface area contributed by atoms with E-state index in [4.69, 9.17) is 5.11 Å². The van der Waals surface area contributed by atoms with Crippen molar-refractivity contribution in [1.29, 1.82) is 0 Å². The van der Waals surface area contributed by atoms with Gasteiger partial charge < -0.3 is 15.3 Å². The molecule has 0 aromatic heterocycles. The van der Waals surface area contributed by atoms with Crippen molar-refractivity contribution < 1.29 is 9.90 Å². The molecule has 0 saturated heterocycles. The summed E-state index contributed by atoms with van der Waals surface area (Å²) in [6.07, 6.45) is 2.09. The van der Waals surface area contributed by atoms with Gasteiger partial charge >= 0.3 is 5.97 Å². The number of aliphatic carboxylic acids is 1. The molecule has 0 aromatic carbocycles. The number of nitrogens with one attached hydrogen (secondary N) is 1. The summed E-state index contributed by atoms with van der Waals surface area (Å²) in [6.45, 7) is 6.21. The third-order valence-corrected chi connectivity index (χ3v) is 2.34. The molecule has 4 heteroatoms. The van der Waals surface area contributed by atoms with Crippen LogP contribution in [-0.4, -0.2) is 49.2 Å². The van der Waals surface area contributed by atoms with E-state index < -0.39 is 5.97 Å². The number of carbonyl (C=O) groups is 1. The first-order valence-corrected chi connectivity index (χ1v) is 6.01. The molecular formula is C12H26N2O2. The fourth-order valence-corrected chi connectivity index (χ4v) is 1.78. The average Bonchev–Trinajstić information content (AvgIpc) is 2.09. The van der Waals surface area contributed by atoms with Crippen molar-refractivity contribution in [1.82, 2.24) is 10.2 Å². The van der Waals surface area contributed by atoms with Crippen LogP contribution in [0.5, 0.6) is 0 Å². The summed E-state index contributed by atoms with van der Waals surface area (Å²) in [6, 6.07) is 0.462. The SMILES string of the molecule is CC(C)CC(CN(C)C)NCCCC(=O)O. The molecular weight excluding hydrogens is 204 g/mol. The van der Waals surface area contributed by atoms with Gasteiger partial charge in [0.1, 0.15) is 0 Å². The van der Waals surface area contributed by atoms with Crippen molar-refractivity contribution in [3.63, 3.8) is 0 Å². The van der Waals surface area contributed by atoms with Crippen LogP contribution in [0.15, 0.2) is 0 Å². The highest BCUT2D eigenvalue weighted by Gasteiger charge is 2.11. The lowest BCUT2D eigenvalue weighted by Gasteiger charge is -2.24. The van der Waals surface area contributed by atoms with Crippen molar-refractivity contribution in [2.24, 2.45) is 5.92 Å².